The van der Waals surface area contributed by atoms with Crippen LogP contribution in [0.2, 0.25) is 0 Å². The van der Waals surface area contributed by atoms with Gasteiger partial charge in [-0.3, -0.25) is 0 Å². The fourth-order valence-corrected chi connectivity index (χ4v) is 3.09. The fraction of sp³-hybridized carbons (Fsp3) is 0.308. The molecule has 0 radical (unpaired) electrons. The van der Waals surface area contributed by atoms with Gasteiger partial charge < -0.3 is 5.11 Å². The van der Waals surface area contributed by atoms with Crippen molar-refractivity contribution in [1.82, 2.24) is 0 Å². The maximum absolute atomic E-state index is 13.6. The van der Waals surface area contributed by atoms with E-state index in [-0.39, 0.29) is 16.2 Å². The van der Waals surface area contributed by atoms with Gasteiger partial charge in [0.15, 0.2) is 9.84 Å². The molecule has 0 aliphatic carbocycles. The Morgan fingerprint density at radius 3 is 2.47 bits per heavy atom. The first-order chi connectivity index (χ1) is 8.69. The molecule has 104 valence electrons. The van der Waals surface area contributed by atoms with Crippen LogP contribution in [-0.4, -0.2) is 25.2 Å². The molecule has 0 atom stereocenters. The van der Waals surface area contributed by atoms with E-state index >= 15 is 0 Å². The Balaban J connectivity index is 3.36. The van der Waals surface area contributed by atoms with Gasteiger partial charge in [-0.15, -0.1) is 0 Å². The van der Waals surface area contributed by atoms with Gasteiger partial charge >= 0.3 is 5.97 Å². The van der Waals surface area contributed by atoms with Crippen LogP contribution in [0.3, 0.4) is 0 Å². The Labute approximate surface area is 111 Å². The SMILES string of the molecule is C=C(CC)CS(=O)(=O)c1cc(C)c(F)c(C(=O)O)c1. The van der Waals surface area contributed by atoms with Crippen molar-refractivity contribution in [3.8, 4) is 0 Å². The Kier molecular flexibility index (Phi) is 4.47. The van der Waals surface area contributed by atoms with E-state index in [9.17, 15) is 17.6 Å². The topological polar surface area (TPSA) is 71.4 Å². The summed E-state index contributed by atoms with van der Waals surface area (Å²) in [5.41, 5.74) is -0.139. The lowest BCUT2D eigenvalue weighted by molar-refractivity contribution is 0.0691. The molecule has 1 N–H and O–H groups in total. The van der Waals surface area contributed by atoms with Crippen LogP contribution in [0.1, 0.15) is 29.3 Å². The summed E-state index contributed by atoms with van der Waals surface area (Å²) in [6.45, 7) is 6.71. The van der Waals surface area contributed by atoms with Crippen molar-refractivity contribution in [3.05, 3.63) is 41.2 Å². The zero-order valence-electron chi connectivity index (χ0n) is 10.7. The Bertz CT molecular complexity index is 632. The molecule has 0 aromatic heterocycles. The number of aromatic carboxylic acids is 1. The molecular formula is C13H15FO4S. The van der Waals surface area contributed by atoms with Gasteiger partial charge in [0, 0.05) is 0 Å². The average Bonchev–Trinajstić information content (AvgIpc) is 2.31. The third-order valence-corrected chi connectivity index (χ3v) is 4.45. The molecule has 0 spiro atoms. The standard InChI is InChI=1S/C13H15FO4S/c1-4-8(2)7-19(17,18)10-5-9(3)12(14)11(6-10)13(15)16/h5-6H,2,4,7H2,1,3H3,(H,15,16). The van der Waals surface area contributed by atoms with E-state index in [0.29, 0.717) is 12.0 Å². The first-order valence-corrected chi connectivity index (χ1v) is 7.27. The Morgan fingerprint density at radius 2 is 2.00 bits per heavy atom. The number of carbonyl (C=O) groups is 1. The van der Waals surface area contributed by atoms with Crippen LogP contribution in [0.15, 0.2) is 29.2 Å². The minimum Gasteiger partial charge on any atom is -0.478 e. The highest BCUT2D eigenvalue weighted by Crippen LogP contribution is 2.21. The molecule has 0 bridgehead atoms. The average molecular weight is 286 g/mol. The highest BCUT2D eigenvalue weighted by molar-refractivity contribution is 7.91. The second-order valence-corrected chi connectivity index (χ2v) is 6.26. The Morgan fingerprint density at radius 1 is 1.42 bits per heavy atom. The smallest absolute Gasteiger partial charge is 0.338 e. The van der Waals surface area contributed by atoms with Crippen LogP contribution in [0, 0.1) is 12.7 Å². The number of rotatable bonds is 5. The molecule has 4 nitrogen and oxygen atoms in total. The van der Waals surface area contributed by atoms with Gasteiger partial charge in [0.2, 0.25) is 0 Å². The largest absolute Gasteiger partial charge is 0.478 e. The lowest BCUT2D eigenvalue weighted by Crippen LogP contribution is -2.11. The van der Waals surface area contributed by atoms with E-state index in [1.165, 1.54) is 6.92 Å². The van der Waals surface area contributed by atoms with Crippen molar-refractivity contribution in [2.24, 2.45) is 0 Å². The summed E-state index contributed by atoms with van der Waals surface area (Å²) in [6.07, 6.45) is 0.505. The first kappa shape index (κ1) is 15.4. The van der Waals surface area contributed by atoms with Gasteiger partial charge in [-0.2, -0.15) is 0 Å². The predicted octanol–water partition coefficient (Wildman–Crippen LogP) is 2.57. The predicted molar refractivity (Wildman–Crippen MR) is 69.6 cm³/mol. The van der Waals surface area contributed by atoms with Gasteiger partial charge in [0.1, 0.15) is 5.82 Å². The third-order valence-electron chi connectivity index (χ3n) is 2.71. The third kappa shape index (κ3) is 3.41. The first-order valence-electron chi connectivity index (χ1n) is 5.62. The number of carboxylic acids is 1. The molecule has 0 aliphatic rings. The highest BCUT2D eigenvalue weighted by atomic mass is 32.2. The van der Waals surface area contributed by atoms with Crippen molar-refractivity contribution in [2.45, 2.75) is 25.2 Å². The number of aryl methyl sites for hydroxylation is 1. The normalized spacial score (nSPS) is 11.3. The minimum absolute atomic E-state index is 0.0133. The van der Waals surface area contributed by atoms with E-state index in [0.717, 1.165) is 12.1 Å². The molecule has 19 heavy (non-hydrogen) atoms. The second kappa shape index (κ2) is 5.52. The van der Waals surface area contributed by atoms with Crippen molar-refractivity contribution < 1.29 is 22.7 Å². The quantitative estimate of drug-likeness (QED) is 0.667. The van der Waals surface area contributed by atoms with E-state index in [4.69, 9.17) is 5.11 Å². The zero-order chi connectivity index (χ0) is 14.8. The van der Waals surface area contributed by atoms with Crippen LogP contribution in [0.4, 0.5) is 4.39 Å². The Hall–Kier alpha value is -1.69. The lowest BCUT2D eigenvalue weighted by Gasteiger charge is -2.09. The van der Waals surface area contributed by atoms with Gasteiger partial charge in [-0.05, 0) is 31.0 Å². The van der Waals surface area contributed by atoms with Crippen LogP contribution < -0.4 is 0 Å². The zero-order valence-corrected chi connectivity index (χ0v) is 11.6. The molecule has 1 aromatic rings. The molecule has 0 saturated heterocycles. The van der Waals surface area contributed by atoms with Crippen LogP contribution >= 0.6 is 0 Å². The summed E-state index contributed by atoms with van der Waals surface area (Å²) in [5.74, 6) is -2.68. The number of hydrogen-bond acceptors (Lipinski definition) is 3. The molecular weight excluding hydrogens is 271 g/mol. The number of benzene rings is 1. The van der Waals surface area contributed by atoms with Crippen molar-refractivity contribution >= 4 is 15.8 Å². The summed E-state index contributed by atoms with van der Waals surface area (Å²) in [7, 11) is -3.70. The highest BCUT2D eigenvalue weighted by Gasteiger charge is 2.21. The molecule has 0 amide bonds. The number of carboxylic acid groups (broad SMARTS) is 1. The van der Waals surface area contributed by atoms with Gasteiger partial charge in [-0.1, -0.05) is 19.1 Å². The number of sulfone groups is 1. The van der Waals surface area contributed by atoms with Gasteiger partial charge in [-0.25, -0.2) is 17.6 Å². The van der Waals surface area contributed by atoms with E-state index in [2.05, 4.69) is 6.58 Å². The molecule has 0 unspecified atom stereocenters. The molecule has 1 rings (SSSR count). The summed E-state index contributed by atoms with van der Waals surface area (Å²) in [6, 6.07) is 1.99. The fourth-order valence-electron chi connectivity index (χ4n) is 1.53. The monoisotopic (exact) mass is 286 g/mol. The lowest BCUT2D eigenvalue weighted by atomic mass is 10.1. The number of halogens is 1. The van der Waals surface area contributed by atoms with E-state index < -0.39 is 27.2 Å². The molecule has 1 aromatic carbocycles. The van der Waals surface area contributed by atoms with Crippen molar-refractivity contribution in [3.63, 3.8) is 0 Å². The van der Waals surface area contributed by atoms with Gasteiger partial charge in [0.05, 0.1) is 16.2 Å². The molecule has 0 saturated carbocycles. The maximum Gasteiger partial charge on any atom is 0.338 e. The van der Waals surface area contributed by atoms with Crippen LogP contribution in [0.5, 0.6) is 0 Å². The molecule has 0 fully saturated rings. The second-order valence-electron chi connectivity index (χ2n) is 4.27. The summed E-state index contributed by atoms with van der Waals surface area (Å²) < 4.78 is 37.7. The van der Waals surface area contributed by atoms with Gasteiger partial charge in [0.25, 0.3) is 0 Å². The molecule has 0 heterocycles. The molecule has 6 heteroatoms. The maximum atomic E-state index is 13.6. The van der Waals surface area contributed by atoms with E-state index in [1.54, 1.807) is 6.92 Å². The van der Waals surface area contributed by atoms with E-state index in [1.807, 2.05) is 0 Å². The van der Waals surface area contributed by atoms with Crippen LogP contribution in [-0.2, 0) is 9.84 Å². The summed E-state index contributed by atoms with van der Waals surface area (Å²) >= 11 is 0. The molecule has 0 aliphatic heterocycles. The minimum atomic E-state index is -3.70. The summed E-state index contributed by atoms with van der Waals surface area (Å²) in [5, 5.41) is 8.86. The summed E-state index contributed by atoms with van der Waals surface area (Å²) in [4.78, 5) is 10.7. The van der Waals surface area contributed by atoms with Crippen LogP contribution in [0.25, 0.3) is 0 Å². The van der Waals surface area contributed by atoms with Crippen molar-refractivity contribution in [2.75, 3.05) is 5.75 Å². The van der Waals surface area contributed by atoms with Crippen molar-refractivity contribution in [1.29, 1.82) is 0 Å². The number of hydrogen-bond donors (Lipinski definition) is 1.